The number of carbonyl (C=O) groups excluding carboxylic acids is 2. The molecule has 0 rings (SSSR count). The zero-order valence-corrected chi connectivity index (χ0v) is 32.1. The van der Waals surface area contributed by atoms with Crippen LogP contribution in [0.4, 0.5) is 0 Å². The molecule has 0 aromatic carbocycles. The van der Waals surface area contributed by atoms with E-state index in [-0.39, 0.29) is 19.4 Å². The number of phosphoric ester groups is 1. The number of allylic oxidation sites excluding steroid dienone is 4. The highest BCUT2D eigenvalue weighted by atomic mass is 31.2. The van der Waals surface area contributed by atoms with E-state index in [1.54, 1.807) is 0 Å². The van der Waals surface area contributed by atoms with Gasteiger partial charge in [-0.05, 0) is 38.5 Å². The third-order valence-electron chi connectivity index (χ3n) is 8.20. The van der Waals surface area contributed by atoms with E-state index >= 15 is 0 Å². The second-order valence-corrected chi connectivity index (χ2v) is 14.5. The molecule has 0 spiro atoms. The molecule has 0 bridgehead atoms. The molecule has 4 N–H and O–H groups in total. The van der Waals surface area contributed by atoms with E-state index in [9.17, 15) is 23.8 Å². The Kier molecular flexibility index (Phi) is 32.7. The van der Waals surface area contributed by atoms with Gasteiger partial charge in [0.15, 0.2) is 6.10 Å². The van der Waals surface area contributed by atoms with Crippen molar-refractivity contribution in [3.63, 3.8) is 0 Å². The highest BCUT2D eigenvalue weighted by Crippen LogP contribution is 2.43. The molecule has 0 fully saturated rings. The van der Waals surface area contributed by atoms with Gasteiger partial charge < -0.3 is 25.2 Å². The Hall–Kier alpha value is -2.04. The predicted molar refractivity (Wildman–Crippen MR) is 199 cm³/mol. The summed E-state index contributed by atoms with van der Waals surface area (Å²) < 4.78 is 32.4. The Labute approximate surface area is 302 Å². The fourth-order valence-corrected chi connectivity index (χ4v) is 5.88. The van der Waals surface area contributed by atoms with E-state index in [4.69, 9.17) is 24.8 Å². The van der Waals surface area contributed by atoms with Gasteiger partial charge in [-0.2, -0.15) is 0 Å². The normalized spacial score (nSPS) is 14.2. The number of nitrogens with two attached hydrogens (primary N) is 1. The van der Waals surface area contributed by atoms with Crippen LogP contribution in [0.25, 0.3) is 0 Å². The number of hydrogen-bond donors (Lipinski definition) is 3. The third-order valence-corrected chi connectivity index (χ3v) is 9.15. The molecule has 0 amide bonds. The monoisotopic (exact) mass is 731 g/mol. The Balaban J connectivity index is 4.43. The standard InChI is InChI=1S/C38H70NO10P/c1-3-5-7-9-11-13-14-15-16-17-18-19-20-22-23-25-27-29-36(40)46-31-34(32-47-50(44,45)48-33-35(39)38(42)43)49-37(41)30-28-26-24-21-12-10-8-6-4-2/h18-19,22-23,34-35H,3-17,20-21,24-33,39H2,1-2H3,(H,42,43)(H,44,45)/b19-18+,23-22+/t34-,35+/m0/s1. The smallest absolute Gasteiger partial charge is 0.472 e. The first kappa shape index (κ1) is 48.0. The van der Waals surface area contributed by atoms with Gasteiger partial charge in [0.2, 0.25) is 0 Å². The summed E-state index contributed by atoms with van der Waals surface area (Å²) in [6, 6.07) is -1.52. The summed E-state index contributed by atoms with van der Waals surface area (Å²) in [6.07, 6.45) is 32.7. The quantitative estimate of drug-likeness (QED) is 0.0242. The van der Waals surface area contributed by atoms with E-state index in [1.165, 1.54) is 89.9 Å². The van der Waals surface area contributed by atoms with Crippen molar-refractivity contribution in [3.05, 3.63) is 24.3 Å². The van der Waals surface area contributed by atoms with Crippen molar-refractivity contribution in [2.45, 2.75) is 180 Å². The lowest BCUT2D eigenvalue weighted by Crippen LogP contribution is -2.34. The minimum absolute atomic E-state index is 0.155. The number of ether oxygens (including phenoxy) is 2. The Morgan fingerprint density at radius 3 is 1.62 bits per heavy atom. The lowest BCUT2D eigenvalue weighted by Gasteiger charge is -2.20. The third kappa shape index (κ3) is 33.1. The summed E-state index contributed by atoms with van der Waals surface area (Å²) in [6.45, 7) is 2.72. The molecule has 12 heteroatoms. The molecular formula is C38H70NO10P. The number of carbonyl (C=O) groups is 3. The number of unbranched alkanes of at least 4 members (excludes halogenated alkanes) is 18. The molecule has 11 nitrogen and oxygen atoms in total. The molecule has 0 radical (unpaired) electrons. The number of rotatable bonds is 36. The number of phosphoric acid groups is 1. The first-order chi connectivity index (χ1) is 24.1. The van der Waals surface area contributed by atoms with Crippen molar-refractivity contribution in [1.82, 2.24) is 0 Å². The van der Waals surface area contributed by atoms with Gasteiger partial charge in [-0.15, -0.1) is 0 Å². The van der Waals surface area contributed by atoms with Gasteiger partial charge in [-0.1, -0.05) is 141 Å². The molecule has 292 valence electrons. The van der Waals surface area contributed by atoms with Crippen LogP contribution < -0.4 is 5.73 Å². The maximum absolute atomic E-state index is 12.5. The number of aliphatic carboxylic acids is 1. The summed E-state index contributed by atoms with van der Waals surface area (Å²) in [5.74, 6) is -2.44. The fraction of sp³-hybridized carbons (Fsp3) is 0.816. The molecule has 0 aliphatic carbocycles. The van der Waals surface area contributed by atoms with Crippen LogP contribution in [0.15, 0.2) is 24.3 Å². The second kappa shape index (κ2) is 34.1. The minimum Gasteiger partial charge on any atom is -0.480 e. The van der Waals surface area contributed by atoms with Gasteiger partial charge in [0, 0.05) is 12.8 Å². The van der Waals surface area contributed by atoms with E-state index in [0.717, 1.165) is 32.1 Å². The number of carboxylic acids is 1. The molecule has 0 aliphatic heterocycles. The van der Waals surface area contributed by atoms with Crippen molar-refractivity contribution in [2.75, 3.05) is 19.8 Å². The average molecular weight is 732 g/mol. The molecule has 50 heavy (non-hydrogen) atoms. The van der Waals surface area contributed by atoms with Crippen molar-refractivity contribution in [3.8, 4) is 0 Å². The zero-order chi connectivity index (χ0) is 37.1. The second-order valence-electron chi connectivity index (χ2n) is 13.1. The Morgan fingerprint density at radius 2 is 1.08 bits per heavy atom. The van der Waals surface area contributed by atoms with E-state index in [0.29, 0.717) is 19.3 Å². The van der Waals surface area contributed by atoms with Crippen molar-refractivity contribution in [2.24, 2.45) is 5.73 Å². The topological polar surface area (TPSA) is 172 Å². The van der Waals surface area contributed by atoms with Crippen LogP contribution in [0.2, 0.25) is 0 Å². The van der Waals surface area contributed by atoms with Crippen molar-refractivity contribution >= 4 is 25.7 Å². The molecule has 0 aromatic rings. The predicted octanol–water partition coefficient (Wildman–Crippen LogP) is 9.50. The molecule has 0 heterocycles. The van der Waals surface area contributed by atoms with E-state index in [1.807, 2.05) is 6.08 Å². The Bertz CT molecular complexity index is 958. The average Bonchev–Trinajstić information content (AvgIpc) is 3.09. The molecule has 0 saturated heterocycles. The highest BCUT2D eigenvalue weighted by Gasteiger charge is 2.28. The molecule has 0 aliphatic rings. The van der Waals surface area contributed by atoms with Crippen LogP contribution in [0.5, 0.6) is 0 Å². The van der Waals surface area contributed by atoms with Crippen molar-refractivity contribution in [1.29, 1.82) is 0 Å². The van der Waals surface area contributed by atoms with Crippen LogP contribution >= 0.6 is 7.82 Å². The van der Waals surface area contributed by atoms with E-state index < -0.39 is 51.1 Å². The summed E-state index contributed by atoms with van der Waals surface area (Å²) in [5, 5.41) is 8.84. The van der Waals surface area contributed by atoms with Crippen LogP contribution in [0.3, 0.4) is 0 Å². The van der Waals surface area contributed by atoms with Crippen LogP contribution in [0.1, 0.15) is 168 Å². The van der Waals surface area contributed by atoms with E-state index in [2.05, 4.69) is 36.6 Å². The van der Waals surface area contributed by atoms with Crippen LogP contribution in [0, 0.1) is 0 Å². The summed E-state index contributed by atoms with van der Waals surface area (Å²) in [5.41, 5.74) is 5.31. The summed E-state index contributed by atoms with van der Waals surface area (Å²) >= 11 is 0. The summed E-state index contributed by atoms with van der Waals surface area (Å²) in [4.78, 5) is 45.6. The molecule has 0 saturated carbocycles. The molecule has 0 aromatic heterocycles. The lowest BCUT2D eigenvalue weighted by atomic mass is 10.1. The molecular weight excluding hydrogens is 661 g/mol. The Morgan fingerprint density at radius 1 is 0.620 bits per heavy atom. The van der Waals surface area contributed by atoms with Gasteiger partial charge in [-0.3, -0.25) is 23.4 Å². The SMILES string of the molecule is CCCCCCCCCCC/C=C/C/C=C/CCCC(=O)OC[C@@H](COP(=O)(O)OC[C@@H](N)C(=O)O)OC(=O)CCCCCCCCCCC. The number of carboxylic acid groups (broad SMARTS) is 1. The van der Waals surface area contributed by atoms with Crippen LogP contribution in [-0.4, -0.2) is 59.9 Å². The van der Waals surface area contributed by atoms with Gasteiger partial charge in [0.1, 0.15) is 12.6 Å². The summed E-state index contributed by atoms with van der Waals surface area (Å²) in [7, 11) is -4.71. The van der Waals surface area contributed by atoms with Crippen LogP contribution in [-0.2, 0) is 37.5 Å². The first-order valence-corrected chi connectivity index (χ1v) is 20.9. The fourth-order valence-electron chi connectivity index (χ4n) is 5.10. The maximum atomic E-state index is 12.5. The number of hydrogen-bond acceptors (Lipinski definition) is 9. The van der Waals surface area contributed by atoms with Crippen molar-refractivity contribution < 1.29 is 47.5 Å². The highest BCUT2D eigenvalue weighted by molar-refractivity contribution is 7.47. The largest absolute Gasteiger partial charge is 0.480 e. The lowest BCUT2D eigenvalue weighted by molar-refractivity contribution is -0.161. The van der Waals surface area contributed by atoms with Gasteiger partial charge in [-0.25, -0.2) is 4.57 Å². The van der Waals surface area contributed by atoms with Gasteiger partial charge >= 0.3 is 25.7 Å². The minimum atomic E-state index is -4.71. The first-order valence-electron chi connectivity index (χ1n) is 19.4. The molecule has 3 atom stereocenters. The molecule has 1 unspecified atom stereocenters. The van der Waals surface area contributed by atoms with Gasteiger partial charge in [0.25, 0.3) is 0 Å². The maximum Gasteiger partial charge on any atom is 0.472 e. The zero-order valence-electron chi connectivity index (χ0n) is 31.2. The van der Waals surface area contributed by atoms with Gasteiger partial charge in [0.05, 0.1) is 13.2 Å². The number of esters is 2.